The van der Waals surface area contributed by atoms with Gasteiger partial charge in [0.2, 0.25) is 5.91 Å². The molecule has 0 radical (unpaired) electrons. The van der Waals surface area contributed by atoms with E-state index in [1.54, 1.807) is 30.3 Å². The molecule has 180 valence electrons. The second kappa shape index (κ2) is 9.77. The first-order valence-electron chi connectivity index (χ1n) is 10.8. The fourth-order valence-electron chi connectivity index (χ4n) is 3.87. The normalized spacial score (nSPS) is 12.0. The number of aromatic nitrogens is 3. The number of aliphatic hydroxyl groups excluding tert-OH is 1. The van der Waals surface area contributed by atoms with Gasteiger partial charge in [0.05, 0.1) is 10.9 Å². The number of primary amides is 1. The molecule has 6 N–H and O–H groups in total. The summed E-state index contributed by atoms with van der Waals surface area (Å²) in [6, 6.07) is 10.9. The Hall–Kier alpha value is -4.51. The third-order valence-corrected chi connectivity index (χ3v) is 5.64. The van der Waals surface area contributed by atoms with Crippen molar-refractivity contribution in [3.05, 3.63) is 76.0 Å². The molecule has 35 heavy (non-hydrogen) atoms. The molecule has 0 aliphatic carbocycles. The average Bonchev–Trinajstić information content (AvgIpc) is 3.23. The van der Waals surface area contributed by atoms with Gasteiger partial charge in [-0.1, -0.05) is 6.07 Å². The SMILES string of the molecule is NC(=O)CC[C@H](NC(=O)c1ccc2c(ccn2Cc2ccc3nc(CO)[nH]c(=O)c3c2)c1)C(=O)O. The number of benzene rings is 2. The van der Waals surface area contributed by atoms with Crippen molar-refractivity contribution < 1.29 is 24.6 Å². The number of aliphatic hydroxyl groups is 1. The number of carboxylic acid groups (broad SMARTS) is 1. The van der Waals surface area contributed by atoms with Crippen molar-refractivity contribution in [1.82, 2.24) is 19.9 Å². The topological polar surface area (TPSA) is 180 Å². The Morgan fingerprint density at radius 1 is 1.14 bits per heavy atom. The van der Waals surface area contributed by atoms with Gasteiger partial charge >= 0.3 is 5.97 Å². The van der Waals surface area contributed by atoms with Gasteiger partial charge in [-0.3, -0.25) is 14.4 Å². The Labute approximate surface area is 198 Å². The lowest BCUT2D eigenvalue weighted by Gasteiger charge is -2.14. The molecule has 4 aromatic rings. The van der Waals surface area contributed by atoms with E-state index in [0.29, 0.717) is 17.4 Å². The molecule has 11 nitrogen and oxygen atoms in total. The molecule has 11 heteroatoms. The van der Waals surface area contributed by atoms with Gasteiger partial charge in [-0.25, -0.2) is 9.78 Å². The Kier molecular flexibility index (Phi) is 6.60. The van der Waals surface area contributed by atoms with E-state index in [-0.39, 0.29) is 36.4 Å². The van der Waals surface area contributed by atoms with E-state index in [1.807, 2.05) is 22.9 Å². The summed E-state index contributed by atoms with van der Waals surface area (Å²) in [7, 11) is 0. The van der Waals surface area contributed by atoms with E-state index < -0.39 is 23.8 Å². The van der Waals surface area contributed by atoms with Gasteiger partial charge < -0.3 is 30.8 Å². The molecule has 0 aliphatic heterocycles. The second-order valence-corrected chi connectivity index (χ2v) is 8.11. The number of fused-ring (bicyclic) bond motifs is 2. The Morgan fingerprint density at radius 2 is 1.94 bits per heavy atom. The zero-order valence-electron chi connectivity index (χ0n) is 18.5. The number of hydrogen-bond acceptors (Lipinski definition) is 6. The molecule has 0 unspecified atom stereocenters. The molecule has 0 saturated carbocycles. The van der Waals surface area contributed by atoms with Crippen molar-refractivity contribution in [2.45, 2.75) is 32.0 Å². The molecule has 0 aliphatic rings. The molecule has 1 atom stereocenters. The minimum absolute atomic E-state index is 0.0968. The van der Waals surface area contributed by atoms with Crippen LogP contribution in [0.15, 0.2) is 53.5 Å². The summed E-state index contributed by atoms with van der Waals surface area (Å²) < 4.78 is 1.95. The molecule has 0 spiro atoms. The minimum atomic E-state index is -1.25. The third kappa shape index (κ3) is 5.20. The molecule has 4 rings (SSSR count). The van der Waals surface area contributed by atoms with Crippen molar-refractivity contribution in [2.75, 3.05) is 0 Å². The van der Waals surface area contributed by atoms with Crippen LogP contribution in [0.25, 0.3) is 21.8 Å². The summed E-state index contributed by atoms with van der Waals surface area (Å²) in [6.45, 7) is 0.104. The summed E-state index contributed by atoms with van der Waals surface area (Å²) in [5, 5.41) is 22.1. The van der Waals surface area contributed by atoms with Crippen LogP contribution in [0, 0.1) is 0 Å². The highest BCUT2D eigenvalue weighted by molar-refractivity contribution is 6.00. The summed E-state index contributed by atoms with van der Waals surface area (Å²) >= 11 is 0. The summed E-state index contributed by atoms with van der Waals surface area (Å²) in [4.78, 5) is 54.0. The van der Waals surface area contributed by atoms with Gasteiger partial charge in [0.1, 0.15) is 18.5 Å². The predicted molar refractivity (Wildman–Crippen MR) is 127 cm³/mol. The molecule has 2 aromatic carbocycles. The van der Waals surface area contributed by atoms with Crippen LogP contribution in [-0.2, 0) is 22.7 Å². The first-order chi connectivity index (χ1) is 16.7. The maximum atomic E-state index is 12.6. The number of aliphatic carboxylic acids is 1. The van der Waals surface area contributed by atoms with Crippen LogP contribution in [0.5, 0.6) is 0 Å². The lowest BCUT2D eigenvalue weighted by atomic mass is 10.1. The highest BCUT2D eigenvalue weighted by Gasteiger charge is 2.21. The van der Waals surface area contributed by atoms with E-state index >= 15 is 0 Å². The van der Waals surface area contributed by atoms with Gasteiger partial charge in [0.25, 0.3) is 11.5 Å². The van der Waals surface area contributed by atoms with Gasteiger partial charge in [-0.15, -0.1) is 0 Å². The number of carbonyl (C=O) groups excluding carboxylic acids is 2. The molecule has 0 fully saturated rings. The van der Waals surface area contributed by atoms with Crippen LogP contribution in [0.2, 0.25) is 0 Å². The molecule has 2 amide bonds. The maximum Gasteiger partial charge on any atom is 0.326 e. The van der Waals surface area contributed by atoms with E-state index in [1.165, 1.54) is 0 Å². The number of carboxylic acids is 1. The molecule has 2 heterocycles. The number of amides is 2. The van der Waals surface area contributed by atoms with Gasteiger partial charge in [0.15, 0.2) is 0 Å². The zero-order chi connectivity index (χ0) is 25.1. The number of nitrogens with zero attached hydrogens (tertiary/aromatic N) is 2. The molecule has 0 saturated heterocycles. The quantitative estimate of drug-likeness (QED) is 0.237. The zero-order valence-corrected chi connectivity index (χ0v) is 18.5. The van der Waals surface area contributed by atoms with Crippen LogP contribution in [-0.4, -0.2) is 48.6 Å². The van der Waals surface area contributed by atoms with Crippen LogP contribution in [0.4, 0.5) is 0 Å². The number of hydrogen-bond donors (Lipinski definition) is 5. The van der Waals surface area contributed by atoms with Crippen molar-refractivity contribution in [2.24, 2.45) is 5.73 Å². The van der Waals surface area contributed by atoms with Crippen molar-refractivity contribution in [3.8, 4) is 0 Å². The van der Waals surface area contributed by atoms with E-state index in [0.717, 1.165) is 16.5 Å². The number of nitrogens with two attached hydrogens (primary N) is 1. The highest BCUT2D eigenvalue weighted by atomic mass is 16.4. The van der Waals surface area contributed by atoms with Crippen LogP contribution in [0.3, 0.4) is 0 Å². The van der Waals surface area contributed by atoms with Gasteiger partial charge in [0, 0.05) is 35.6 Å². The van der Waals surface area contributed by atoms with Crippen LogP contribution < -0.4 is 16.6 Å². The van der Waals surface area contributed by atoms with Crippen LogP contribution in [0.1, 0.15) is 34.6 Å². The van der Waals surface area contributed by atoms with Gasteiger partial charge in [-0.2, -0.15) is 0 Å². The van der Waals surface area contributed by atoms with Crippen molar-refractivity contribution in [3.63, 3.8) is 0 Å². The smallest absolute Gasteiger partial charge is 0.326 e. The highest BCUT2D eigenvalue weighted by Crippen LogP contribution is 2.20. The first-order valence-corrected chi connectivity index (χ1v) is 10.8. The van der Waals surface area contributed by atoms with Crippen molar-refractivity contribution >= 4 is 39.6 Å². The predicted octanol–water partition coefficient (Wildman–Crippen LogP) is 0.867. The van der Waals surface area contributed by atoms with E-state index in [9.17, 15) is 29.4 Å². The molecule has 2 aromatic heterocycles. The average molecular weight is 477 g/mol. The fraction of sp³-hybridized carbons (Fsp3) is 0.208. The van der Waals surface area contributed by atoms with Crippen LogP contribution >= 0.6 is 0 Å². The number of aromatic amines is 1. The number of carbonyl (C=O) groups is 3. The second-order valence-electron chi connectivity index (χ2n) is 8.11. The van der Waals surface area contributed by atoms with Gasteiger partial charge in [-0.05, 0) is 48.4 Å². The number of nitrogens with one attached hydrogen (secondary N) is 2. The Morgan fingerprint density at radius 3 is 2.66 bits per heavy atom. The molecule has 0 bridgehead atoms. The third-order valence-electron chi connectivity index (χ3n) is 5.64. The minimum Gasteiger partial charge on any atom is -0.480 e. The number of H-pyrrole nitrogens is 1. The molecular weight excluding hydrogens is 454 g/mol. The summed E-state index contributed by atoms with van der Waals surface area (Å²) in [6.07, 6.45) is 1.60. The van der Waals surface area contributed by atoms with E-state index in [4.69, 9.17) is 5.73 Å². The number of rotatable bonds is 9. The standard InChI is InChI=1S/C24H23N5O6/c25-20(31)6-4-18(24(34)35)27-22(32)15-2-5-19-14(10-15)7-8-29(19)11-13-1-3-17-16(9-13)23(33)28-21(12-30)26-17/h1-3,5,7-10,18,30H,4,6,11-12H2,(H2,25,31)(H,27,32)(H,34,35)(H,26,28,33)/t18-/m0/s1. The largest absolute Gasteiger partial charge is 0.480 e. The Bertz CT molecular complexity index is 1510. The molecular formula is C24H23N5O6. The monoisotopic (exact) mass is 477 g/mol. The van der Waals surface area contributed by atoms with E-state index in [2.05, 4.69) is 15.3 Å². The Balaban J connectivity index is 1.54. The maximum absolute atomic E-state index is 12.6. The lowest BCUT2D eigenvalue weighted by molar-refractivity contribution is -0.139. The summed E-state index contributed by atoms with van der Waals surface area (Å²) in [5.41, 5.74) is 7.22. The summed E-state index contributed by atoms with van der Waals surface area (Å²) in [5.74, 6) is -2.26. The fourth-order valence-corrected chi connectivity index (χ4v) is 3.87. The lowest BCUT2D eigenvalue weighted by Crippen LogP contribution is -2.41. The van der Waals surface area contributed by atoms with Crippen molar-refractivity contribution in [1.29, 1.82) is 0 Å². The first kappa shape index (κ1) is 23.6.